The van der Waals surface area contributed by atoms with Crippen molar-refractivity contribution in [2.75, 3.05) is 5.32 Å². The number of alkyl halides is 2. The monoisotopic (exact) mass is 390 g/mol. The number of benzene rings is 1. The summed E-state index contributed by atoms with van der Waals surface area (Å²) in [6.45, 7) is 0. The van der Waals surface area contributed by atoms with Crippen LogP contribution in [-0.2, 0) is 0 Å². The first-order valence-corrected chi connectivity index (χ1v) is 8.44. The van der Waals surface area contributed by atoms with Crippen molar-refractivity contribution in [2.45, 2.75) is 6.29 Å². The smallest absolute Gasteiger partial charge is 0.472 e. The van der Waals surface area contributed by atoms with E-state index in [4.69, 9.17) is 4.42 Å². The lowest BCUT2D eigenvalue weighted by atomic mass is 10.3. The van der Waals surface area contributed by atoms with Gasteiger partial charge in [-0.2, -0.15) is 0 Å². The van der Waals surface area contributed by atoms with Gasteiger partial charge < -0.3 is 18.9 Å². The van der Waals surface area contributed by atoms with Crippen LogP contribution in [0.25, 0.3) is 21.6 Å². The van der Waals surface area contributed by atoms with E-state index < -0.39 is 12.2 Å². The third kappa shape index (κ3) is 2.77. The van der Waals surface area contributed by atoms with Gasteiger partial charge in [0, 0.05) is 23.1 Å². The second-order valence-electron chi connectivity index (χ2n) is 5.57. The van der Waals surface area contributed by atoms with Crippen LogP contribution in [0.3, 0.4) is 0 Å². The Bertz CT molecular complexity index is 1120. The molecule has 0 unspecified atom stereocenters. The number of amides is 1. The molecule has 0 fully saturated rings. The summed E-state index contributed by atoms with van der Waals surface area (Å²) in [5.74, 6) is -0.561. The first kappa shape index (κ1) is 15.8. The van der Waals surface area contributed by atoms with Crippen LogP contribution in [-0.4, -0.2) is 27.2 Å². The summed E-state index contributed by atoms with van der Waals surface area (Å²) in [6, 6.07) is 4.37. The minimum atomic E-state index is -3.70. The highest BCUT2D eigenvalue weighted by molar-refractivity contribution is 7.13. The fourth-order valence-corrected chi connectivity index (χ4v) is 3.37. The molecule has 5 rings (SSSR count). The van der Waals surface area contributed by atoms with E-state index in [-0.39, 0.29) is 23.1 Å². The van der Waals surface area contributed by atoms with Crippen molar-refractivity contribution in [1.29, 1.82) is 0 Å². The Morgan fingerprint density at radius 3 is 2.81 bits per heavy atom. The molecular formula is C16H8F2N4O4S. The second-order valence-corrected chi connectivity index (χ2v) is 6.43. The van der Waals surface area contributed by atoms with Crippen LogP contribution in [0.2, 0.25) is 0 Å². The average Bonchev–Trinajstić information content (AvgIpc) is 3.36. The molecule has 136 valence electrons. The number of H-pyrrole nitrogens is 1. The van der Waals surface area contributed by atoms with Gasteiger partial charge in [0.1, 0.15) is 17.0 Å². The number of rotatable bonds is 3. The van der Waals surface area contributed by atoms with Crippen LogP contribution in [0, 0.1) is 0 Å². The zero-order valence-electron chi connectivity index (χ0n) is 13.2. The molecule has 3 aromatic heterocycles. The number of nitrogens with zero attached hydrogens (tertiary/aromatic N) is 2. The molecule has 0 aliphatic carbocycles. The molecule has 8 nitrogen and oxygen atoms in total. The number of anilines is 1. The molecular weight excluding hydrogens is 382 g/mol. The van der Waals surface area contributed by atoms with E-state index in [9.17, 15) is 13.6 Å². The van der Waals surface area contributed by atoms with E-state index in [2.05, 4.69) is 29.7 Å². The first-order valence-electron chi connectivity index (χ1n) is 7.56. The standard InChI is InChI=1S/C16H8F2N4O4S/c17-16(18)25-11-3-8-9(4-12(11)26-16)21-15(20-8)22-13(23)10-6-27-14(19-10)7-1-2-24-5-7/h1-6H,(H2,20,21,22,23). The molecule has 0 saturated carbocycles. The molecule has 0 radical (unpaired) electrons. The Morgan fingerprint density at radius 1 is 1.22 bits per heavy atom. The number of ether oxygens (including phenoxy) is 2. The number of hydrogen-bond donors (Lipinski definition) is 2. The highest BCUT2D eigenvalue weighted by Gasteiger charge is 2.43. The molecule has 11 heteroatoms. The van der Waals surface area contributed by atoms with E-state index >= 15 is 0 Å². The van der Waals surface area contributed by atoms with Gasteiger partial charge in [-0.15, -0.1) is 20.1 Å². The maximum Gasteiger partial charge on any atom is 0.586 e. The molecule has 4 aromatic rings. The van der Waals surface area contributed by atoms with Crippen molar-refractivity contribution in [1.82, 2.24) is 15.0 Å². The van der Waals surface area contributed by atoms with Crippen molar-refractivity contribution in [3.8, 4) is 22.1 Å². The Morgan fingerprint density at radius 2 is 2.04 bits per heavy atom. The molecule has 1 aromatic carbocycles. The lowest BCUT2D eigenvalue weighted by Gasteiger charge is -2.04. The molecule has 0 bridgehead atoms. The van der Waals surface area contributed by atoms with Crippen molar-refractivity contribution >= 4 is 34.2 Å². The largest absolute Gasteiger partial charge is 0.586 e. The number of halogens is 2. The lowest BCUT2D eigenvalue weighted by molar-refractivity contribution is -0.286. The van der Waals surface area contributed by atoms with Crippen molar-refractivity contribution in [3.05, 3.63) is 41.8 Å². The number of imidazole rings is 1. The van der Waals surface area contributed by atoms with Gasteiger partial charge in [0.25, 0.3) is 5.91 Å². The molecule has 2 N–H and O–H groups in total. The minimum Gasteiger partial charge on any atom is -0.472 e. The van der Waals surface area contributed by atoms with Crippen LogP contribution in [0.15, 0.2) is 40.5 Å². The summed E-state index contributed by atoms with van der Waals surface area (Å²) in [4.78, 5) is 23.6. The zero-order valence-corrected chi connectivity index (χ0v) is 14.0. The fourth-order valence-electron chi connectivity index (χ4n) is 2.58. The summed E-state index contributed by atoms with van der Waals surface area (Å²) >= 11 is 1.30. The van der Waals surface area contributed by atoms with Crippen molar-refractivity contribution < 1.29 is 27.5 Å². The molecule has 27 heavy (non-hydrogen) atoms. The highest BCUT2D eigenvalue weighted by atomic mass is 32.1. The van der Waals surface area contributed by atoms with Gasteiger partial charge in [-0.3, -0.25) is 10.1 Å². The number of thiazole rings is 1. The van der Waals surface area contributed by atoms with Gasteiger partial charge in [-0.1, -0.05) is 0 Å². The van der Waals surface area contributed by atoms with Gasteiger partial charge >= 0.3 is 6.29 Å². The Balaban J connectivity index is 1.38. The number of nitrogens with one attached hydrogen (secondary N) is 2. The van der Waals surface area contributed by atoms with Gasteiger partial charge in [0.15, 0.2) is 11.5 Å². The second kappa shape index (κ2) is 5.51. The predicted octanol–water partition coefficient (Wildman–Crippen LogP) is 3.85. The third-order valence-corrected chi connectivity index (χ3v) is 4.63. The Kier molecular flexibility index (Phi) is 3.22. The number of aromatic amines is 1. The van der Waals surface area contributed by atoms with Crippen LogP contribution < -0.4 is 14.8 Å². The molecule has 0 saturated heterocycles. The minimum absolute atomic E-state index is 0.113. The summed E-state index contributed by atoms with van der Waals surface area (Å²) in [6.07, 6.45) is -0.645. The number of hydrogen-bond acceptors (Lipinski definition) is 7. The summed E-state index contributed by atoms with van der Waals surface area (Å²) in [5.41, 5.74) is 1.73. The molecule has 0 atom stereocenters. The third-order valence-electron chi connectivity index (χ3n) is 3.74. The predicted molar refractivity (Wildman–Crippen MR) is 90.1 cm³/mol. The summed E-state index contributed by atoms with van der Waals surface area (Å²) in [5, 5.41) is 4.84. The van der Waals surface area contributed by atoms with Crippen LogP contribution in [0.4, 0.5) is 14.7 Å². The van der Waals surface area contributed by atoms with Crippen LogP contribution in [0.5, 0.6) is 11.5 Å². The van der Waals surface area contributed by atoms with Crippen molar-refractivity contribution in [3.63, 3.8) is 0 Å². The number of fused-ring (bicyclic) bond motifs is 2. The van der Waals surface area contributed by atoms with Gasteiger partial charge in [0.2, 0.25) is 5.95 Å². The Hall–Kier alpha value is -3.47. The molecule has 0 spiro atoms. The molecule has 4 heterocycles. The van der Waals surface area contributed by atoms with E-state index in [1.165, 1.54) is 36.0 Å². The van der Waals surface area contributed by atoms with Crippen LogP contribution >= 0.6 is 11.3 Å². The number of carbonyl (C=O) groups is 1. The van der Waals surface area contributed by atoms with E-state index in [0.717, 1.165) is 5.56 Å². The van der Waals surface area contributed by atoms with E-state index in [1.807, 2.05) is 0 Å². The summed E-state index contributed by atoms with van der Waals surface area (Å²) in [7, 11) is 0. The quantitative estimate of drug-likeness (QED) is 0.551. The first-order chi connectivity index (χ1) is 13.0. The Labute approximate surface area is 152 Å². The maximum absolute atomic E-state index is 13.1. The highest BCUT2D eigenvalue weighted by Crippen LogP contribution is 2.42. The fraction of sp³-hybridized carbons (Fsp3) is 0.0625. The zero-order chi connectivity index (χ0) is 18.6. The molecule has 1 amide bonds. The lowest BCUT2D eigenvalue weighted by Crippen LogP contribution is -2.25. The SMILES string of the molecule is O=C(Nc1nc2cc3c(cc2[nH]1)OC(F)(F)O3)c1csc(-c2ccoc2)n1. The number of aromatic nitrogens is 3. The topological polar surface area (TPSA) is 102 Å². The van der Waals surface area contributed by atoms with Gasteiger partial charge in [-0.05, 0) is 6.07 Å². The van der Waals surface area contributed by atoms with Crippen LogP contribution in [0.1, 0.15) is 10.5 Å². The maximum atomic E-state index is 13.1. The molecule has 1 aliphatic heterocycles. The van der Waals surface area contributed by atoms with Gasteiger partial charge in [0.05, 0.1) is 17.3 Å². The number of furan rings is 1. The number of carbonyl (C=O) groups excluding carboxylic acids is 1. The van der Waals surface area contributed by atoms with Gasteiger partial charge in [-0.25, -0.2) is 9.97 Å². The normalized spacial score (nSPS) is 14.6. The average molecular weight is 390 g/mol. The summed E-state index contributed by atoms with van der Waals surface area (Å²) < 4.78 is 40.0. The molecule has 1 aliphatic rings. The van der Waals surface area contributed by atoms with E-state index in [1.54, 1.807) is 11.4 Å². The van der Waals surface area contributed by atoms with E-state index in [0.29, 0.717) is 16.0 Å². The van der Waals surface area contributed by atoms with Crippen molar-refractivity contribution in [2.24, 2.45) is 0 Å².